The van der Waals surface area contributed by atoms with Crippen LogP contribution in [-0.4, -0.2) is 20.8 Å². The average Bonchev–Trinajstić information content (AvgIpc) is 2.77. The van der Waals surface area contributed by atoms with Crippen LogP contribution in [0.25, 0.3) is 16.9 Å². The second kappa shape index (κ2) is 4.83. The van der Waals surface area contributed by atoms with E-state index < -0.39 is 0 Å². The molecule has 2 aromatic heterocycles. The van der Waals surface area contributed by atoms with Crippen LogP contribution < -0.4 is 0 Å². The molecule has 3 nitrogen and oxygen atoms in total. The van der Waals surface area contributed by atoms with Gasteiger partial charge < -0.3 is 4.98 Å². The average molecular weight is 287 g/mol. The van der Waals surface area contributed by atoms with Gasteiger partial charge >= 0.3 is 0 Å². The third kappa shape index (κ3) is 2.09. The number of pyridine rings is 1. The maximum atomic E-state index is 5.43. The predicted octanol–water partition coefficient (Wildman–Crippen LogP) is 4.11. The lowest BCUT2D eigenvalue weighted by atomic mass is 10.2. The van der Waals surface area contributed by atoms with Gasteiger partial charge in [0.15, 0.2) is 10.4 Å². The number of nitrogens with one attached hydrogen (secondary N) is 1. The van der Waals surface area contributed by atoms with Gasteiger partial charge in [0, 0.05) is 11.1 Å². The first-order valence-corrected chi connectivity index (χ1v) is 7.55. The van der Waals surface area contributed by atoms with E-state index in [2.05, 4.69) is 35.3 Å². The first-order chi connectivity index (χ1) is 9.20. The molecule has 0 aliphatic carbocycles. The van der Waals surface area contributed by atoms with Crippen LogP contribution in [-0.2, 0) is 0 Å². The minimum absolute atomic E-state index is 0.676. The van der Waals surface area contributed by atoms with Crippen molar-refractivity contribution in [2.24, 2.45) is 0 Å². The molecule has 0 amide bonds. The molecule has 0 bridgehead atoms. The Morgan fingerprint density at radius 2 is 2.16 bits per heavy atom. The summed E-state index contributed by atoms with van der Waals surface area (Å²) < 4.78 is 2.66. The largest absolute Gasteiger partial charge is 0.329 e. The number of fused-ring (bicyclic) bond motifs is 1. The summed E-state index contributed by atoms with van der Waals surface area (Å²) in [5.74, 6) is 0. The first kappa shape index (κ1) is 12.4. The van der Waals surface area contributed by atoms with Crippen molar-refractivity contribution in [1.29, 1.82) is 0 Å². The number of aromatic amines is 1. The molecule has 0 radical (unpaired) electrons. The Morgan fingerprint density at radius 3 is 2.95 bits per heavy atom. The quantitative estimate of drug-likeness (QED) is 0.569. The fraction of sp³-hybridized carbons (Fsp3) is 0.143. The van der Waals surface area contributed by atoms with Gasteiger partial charge in [-0.25, -0.2) is 4.98 Å². The monoisotopic (exact) mass is 287 g/mol. The fourth-order valence-corrected chi connectivity index (χ4v) is 2.86. The fourth-order valence-electron chi connectivity index (χ4n) is 2.12. The van der Waals surface area contributed by atoms with E-state index in [0.29, 0.717) is 4.77 Å². The van der Waals surface area contributed by atoms with Crippen molar-refractivity contribution >= 4 is 35.1 Å². The Labute approximate surface area is 120 Å². The Kier molecular flexibility index (Phi) is 3.16. The maximum absolute atomic E-state index is 5.43. The van der Waals surface area contributed by atoms with Crippen LogP contribution in [0.1, 0.15) is 5.56 Å². The van der Waals surface area contributed by atoms with Crippen LogP contribution in [0.3, 0.4) is 0 Å². The number of hydrogen-bond donors (Lipinski definition) is 1. The van der Waals surface area contributed by atoms with E-state index in [0.717, 1.165) is 22.4 Å². The number of rotatable bonds is 2. The molecule has 0 aliphatic heterocycles. The maximum Gasteiger partial charge on any atom is 0.184 e. The molecule has 2 heterocycles. The lowest BCUT2D eigenvalue weighted by molar-refractivity contribution is 1.04. The minimum atomic E-state index is 0.676. The Balaban J connectivity index is 2.33. The second-order valence-corrected chi connectivity index (χ2v) is 5.56. The van der Waals surface area contributed by atoms with Gasteiger partial charge in [-0.05, 0) is 55.2 Å². The zero-order valence-electron chi connectivity index (χ0n) is 10.7. The van der Waals surface area contributed by atoms with Crippen LogP contribution >= 0.6 is 24.0 Å². The molecule has 19 heavy (non-hydrogen) atoms. The number of hydrogen-bond acceptors (Lipinski definition) is 3. The van der Waals surface area contributed by atoms with Crippen molar-refractivity contribution in [3.8, 4) is 5.69 Å². The molecule has 0 aliphatic rings. The highest BCUT2D eigenvalue weighted by atomic mass is 32.2. The van der Waals surface area contributed by atoms with Crippen LogP contribution in [0.2, 0.25) is 0 Å². The van der Waals surface area contributed by atoms with Gasteiger partial charge in [-0.3, -0.25) is 4.57 Å². The van der Waals surface area contributed by atoms with Crippen LogP contribution in [0.15, 0.2) is 41.4 Å². The Morgan fingerprint density at radius 1 is 1.32 bits per heavy atom. The molecule has 3 rings (SSSR count). The van der Waals surface area contributed by atoms with Gasteiger partial charge in [-0.2, -0.15) is 0 Å². The van der Waals surface area contributed by atoms with Crippen molar-refractivity contribution < 1.29 is 0 Å². The lowest BCUT2D eigenvalue weighted by Crippen LogP contribution is -1.95. The van der Waals surface area contributed by atoms with E-state index in [1.54, 1.807) is 11.8 Å². The molecule has 96 valence electrons. The third-order valence-corrected chi connectivity index (χ3v) is 4.11. The standard InChI is InChI=1S/C14H13N3S2/c1-9-6-7-15-13-12(9)16-14(18)17(13)10-4-3-5-11(8-10)19-2/h3-8H,1-2H3,(H,16,18). The van der Waals surface area contributed by atoms with Crippen LogP contribution in [0, 0.1) is 11.7 Å². The highest BCUT2D eigenvalue weighted by Crippen LogP contribution is 2.23. The Bertz CT molecular complexity index is 802. The van der Waals surface area contributed by atoms with Gasteiger partial charge in [0.2, 0.25) is 0 Å². The van der Waals surface area contributed by atoms with E-state index in [-0.39, 0.29) is 0 Å². The highest BCUT2D eigenvalue weighted by Gasteiger charge is 2.09. The zero-order chi connectivity index (χ0) is 13.4. The molecule has 3 aromatic rings. The van der Waals surface area contributed by atoms with Gasteiger partial charge in [0.1, 0.15) is 0 Å². The van der Waals surface area contributed by atoms with Gasteiger partial charge in [0.05, 0.1) is 11.2 Å². The predicted molar refractivity (Wildman–Crippen MR) is 82.8 cm³/mol. The van der Waals surface area contributed by atoms with E-state index >= 15 is 0 Å². The molecule has 0 spiro atoms. The normalized spacial score (nSPS) is 11.1. The van der Waals surface area contributed by atoms with Crippen molar-refractivity contribution in [3.63, 3.8) is 0 Å². The molecule has 0 atom stereocenters. The second-order valence-electron chi connectivity index (χ2n) is 4.29. The number of imidazole rings is 1. The molecular weight excluding hydrogens is 274 g/mol. The van der Waals surface area contributed by atoms with E-state index in [9.17, 15) is 0 Å². The summed E-state index contributed by atoms with van der Waals surface area (Å²) in [6.45, 7) is 2.05. The van der Waals surface area contributed by atoms with Crippen LogP contribution in [0.5, 0.6) is 0 Å². The number of aromatic nitrogens is 3. The number of benzene rings is 1. The van der Waals surface area contributed by atoms with E-state index in [4.69, 9.17) is 12.2 Å². The SMILES string of the molecule is CSc1cccc(-n2c(=S)[nH]c3c(C)ccnc32)c1. The molecule has 0 fully saturated rings. The summed E-state index contributed by atoms with van der Waals surface area (Å²) in [4.78, 5) is 8.90. The molecule has 0 unspecified atom stereocenters. The van der Waals surface area contributed by atoms with Crippen molar-refractivity contribution in [1.82, 2.24) is 14.5 Å². The number of H-pyrrole nitrogens is 1. The summed E-state index contributed by atoms with van der Waals surface area (Å²) in [5, 5.41) is 0. The molecule has 0 saturated carbocycles. The molecular formula is C14H13N3S2. The highest BCUT2D eigenvalue weighted by molar-refractivity contribution is 7.98. The van der Waals surface area contributed by atoms with Crippen LogP contribution in [0.4, 0.5) is 0 Å². The number of thioether (sulfide) groups is 1. The molecule has 0 saturated heterocycles. The summed E-state index contributed by atoms with van der Waals surface area (Å²) in [6, 6.07) is 10.3. The minimum Gasteiger partial charge on any atom is -0.329 e. The van der Waals surface area contributed by atoms with Gasteiger partial charge in [-0.15, -0.1) is 11.8 Å². The van der Waals surface area contributed by atoms with E-state index in [1.807, 2.05) is 29.0 Å². The molecule has 1 aromatic carbocycles. The van der Waals surface area contributed by atoms with Crippen molar-refractivity contribution in [3.05, 3.63) is 46.9 Å². The summed E-state index contributed by atoms with van der Waals surface area (Å²) in [5.41, 5.74) is 4.07. The third-order valence-electron chi connectivity index (χ3n) is 3.10. The van der Waals surface area contributed by atoms with Gasteiger partial charge in [0.25, 0.3) is 0 Å². The molecule has 1 N–H and O–H groups in total. The van der Waals surface area contributed by atoms with Gasteiger partial charge in [-0.1, -0.05) is 6.07 Å². The zero-order valence-corrected chi connectivity index (χ0v) is 12.3. The number of nitrogens with zero attached hydrogens (tertiary/aromatic N) is 2. The Hall–Kier alpha value is -1.59. The van der Waals surface area contributed by atoms with Crippen molar-refractivity contribution in [2.45, 2.75) is 11.8 Å². The lowest BCUT2D eigenvalue weighted by Gasteiger charge is -2.05. The summed E-state index contributed by atoms with van der Waals surface area (Å²) in [7, 11) is 0. The topological polar surface area (TPSA) is 33.6 Å². The summed E-state index contributed by atoms with van der Waals surface area (Å²) >= 11 is 7.15. The van der Waals surface area contributed by atoms with Crippen molar-refractivity contribution in [2.75, 3.05) is 6.26 Å². The number of aryl methyl sites for hydroxylation is 1. The van der Waals surface area contributed by atoms with E-state index in [1.165, 1.54) is 4.90 Å². The molecule has 5 heteroatoms. The summed E-state index contributed by atoms with van der Waals surface area (Å²) in [6.07, 6.45) is 3.88. The first-order valence-electron chi connectivity index (χ1n) is 5.91. The smallest absolute Gasteiger partial charge is 0.184 e.